The van der Waals surface area contributed by atoms with Crippen LogP contribution < -0.4 is 14.5 Å². The summed E-state index contributed by atoms with van der Waals surface area (Å²) >= 11 is 6.02. The maximum atomic E-state index is 13.1. The van der Waals surface area contributed by atoms with E-state index in [9.17, 15) is 9.18 Å². The summed E-state index contributed by atoms with van der Waals surface area (Å²) < 4.78 is 18.7. The molecule has 2 saturated heterocycles. The molecule has 27 heavy (non-hydrogen) atoms. The number of hydrogen-bond donors (Lipinski definition) is 0. The Morgan fingerprint density at radius 1 is 1.07 bits per heavy atom. The molecule has 5 rings (SSSR count). The number of hydrogen-bond acceptors (Lipinski definition) is 3. The van der Waals surface area contributed by atoms with Gasteiger partial charge in [0.2, 0.25) is 0 Å². The number of carbonyl (C=O) groups is 1. The second-order valence-electron chi connectivity index (χ2n) is 7.58. The molecule has 3 aliphatic rings. The number of likely N-dealkylation sites (tertiary alicyclic amines) is 1. The van der Waals surface area contributed by atoms with E-state index in [1.807, 2.05) is 11.0 Å². The number of rotatable bonds is 1. The van der Waals surface area contributed by atoms with Crippen molar-refractivity contribution in [1.29, 1.82) is 0 Å². The second kappa shape index (κ2) is 6.02. The van der Waals surface area contributed by atoms with Crippen LogP contribution in [-0.2, 0) is 0 Å². The lowest BCUT2D eigenvalue weighted by molar-refractivity contribution is 0.00969. The molecular formula is C20H19ClFN3O2. The molecule has 0 aliphatic carbocycles. The predicted octanol–water partition coefficient (Wildman–Crippen LogP) is 3.62. The van der Waals surface area contributed by atoms with Crippen molar-refractivity contribution in [2.24, 2.45) is 5.41 Å². The SMILES string of the molecule is O=C(N1CC2(C1)CN(c1ccc(F)cc1)C2)N1CCOc2cc(Cl)ccc21. The van der Waals surface area contributed by atoms with Crippen LogP contribution in [0.4, 0.5) is 20.6 Å². The maximum Gasteiger partial charge on any atom is 0.324 e. The van der Waals surface area contributed by atoms with Gasteiger partial charge in [0.15, 0.2) is 0 Å². The molecule has 2 fully saturated rings. The Morgan fingerprint density at radius 3 is 2.56 bits per heavy atom. The monoisotopic (exact) mass is 387 g/mol. The first-order valence-electron chi connectivity index (χ1n) is 9.02. The highest BCUT2D eigenvalue weighted by atomic mass is 35.5. The Morgan fingerprint density at radius 2 is 1.81 bits per heavy atom. The lowest BCUT2D eigenvalue weighted by atomic mass is 9.72. The van der Waals surface area contributed by atoms with E-state index >= 15 is 0 Å². The zero-order valence-electron chi connectivity index (χ0n) is 14.7. The van der Waals surface area contributed by atoms with Crippen molar-refractivity contribution in [3.05, 3.63) is 53.3 Å². The number of ether oxygens (including phenoxy) is 1. The lowest BCUT2D eigenvalue weighted by Gasteiger charge is -2.61. The standard InChI is InChI=1S/C20H19ClFN3O2/c21-14-1-6-17-18(9-14)27-8-7-25(17)19(26)24-12-20(13-24)10-23(11-20)16-4-2-15(22)3-5-16/h1-6,9H,7-8,10-13H2. The summed E-state index contributed by atoms with van der Waals surface area (Å²) in [7, 11) is 0. The molecule has 1 spiro atoms. The number of amides is 2. The second-order valence-corrected chi connectivity index (χ2v) is 8.02. The van der Waals surface area contributed by atoms with Gasteiger partial charge < -0.3 is 14.5 Å². The molecule has 0 bridgehead atoms. The van der Waals surface area contributed by atoms with Gasteiger partial charge in [0, 0.05) is 48.4 Å². The van der Waals surface area contributed by atoms with Gasteiger partial charge in [-0.15, -0.1) is 0 Å². The summed E-state index contributed by atoms with van der Waals surface area (Å²) in [5.41, 5.74) is 1.98. The van der Waals surface area contributed by atoms with Crippen LogP contribution in [0, 0.1) is 11.2 Å². The zero-order valence-corrected chi connectivity index (χ0v) is 15.5. The minimum Gasteiger partial charge on any atom is -0.489 e. The molecule has 0 aromatic heterocycles. The van der Waals surface area contributed by atoms with Crippen LogP contribution in [0.25, 0.3) is 0 Å². The molecule has 0 N–H and O–H groups in total. The first kappa shape index (κ1) is 16.7. The number of benzene rings is 2. The summed E-state index contributed by atoms with van der Waals surface area (Å²) in [6.45, 7) is 4.32. The smallest absolute Gasteiger partial charge is 0.324 e. The average Bonchev–Trinajstić information content (AvgIpc) is 2.59. The number of anilines is 2. The third kappa shape index (κ3) is 2.79. The Hall–Kier alpha value is -2.47. The van der Waals surface area contributed by atoms with Crippen LogP contribution in [0.2, 0.25) is 5.02 Å². The van der Waals surface area contributed by atoms with E-state index in [0.717, 1.165) is 37.6 Å². The van der Waals surface area contributed by atoms with E-state index in [-0.39, 0.29) is 17.3 Å². The van der Waals surface area contributed by atoms with Crippen molar-refractivity contribution in [2.75, 3.05) is 49.1 Å². The van der Waals surface area contributed by atoms with E-state index in [1.165, 1.54) is 12.1 Å². The van der Waals surface area contributed by atoms with Gasteiger partial charge in [0.05, 0.1) is 12.2 Å². The van der Waals surface area contributed by atoms with Crippen LogP contribution in [0.5, 0.6) is 5.75 Å². The quantitative estimate of drug-likeness (QED) is 0.749. The molecule has 140 valence electrons. The molecule has 0 radical (unpaired) electrons. The van der Waals surface area contributed by atoms with Gasteiger partial charge in [0.25, 0.3) is 0 Å². The minimum atomic E-state index is -0.221. The molecule has 0 unspecified atom stereocenters. The van der Waals surface area contributed by atoms with Gasteiger partial charge in [-0.2, -0.15) is 0 Å². The van der Waals surface area contributed by atoms with Crippen LogP contribution >= 0.6 is 11.6 Å². The van der Waals surface area contributed by atoms with Gasteiger partial charge in [-0.05, 0) is 36.4 Å². The van der Waals surface area contributed by atoms with E-state index in [0.29, 0.717) is 23.9 Å². The fourth-order valence-electron chi connectivity index (χ4n) is 4.26. The summed E-state index contributed by atoms with van der Waals surface area (Å²) in [4.78, 5) is 18.9. The van der Waals surface area contributed by atoms with Crippen molar-refractivity contribution in [3.63, 3.8) is 0 Å². The highest BCUT2D eigenvalue weighted by Gasteiger charge is 2.54. The molecule has 5 nitrogen and oxygen atoms in total. The summed E-state index contributed by atoms with van der Waals surface area (Å²) in [5.74, 6) is 0.435. The van der Waals surface area contributed by atoms with Gasteiger partial charge in [-0.1, -0.05) is 11.6 Å². The molecule has 7 heteroatoms. The van der Waals surface area contributed by atoms with E-state index in [4.69, 9.17) is 16.3 Å². The van der Waals surface area contributed by atoms with E-state index in [1.54, 1.807) is 29.2 Å². The van der Waals surface area contributed by atoms with Crippen molar-refractivity contribution < 1.29 is 13.9 Å². The first-order valence-corrected chi connectivity index (χ1v) is 9.40. The summed E-state index contributed by atoms with van der Waals surface area (Å²) in [6, 6.07) is 12.0. The Balaban J connectivity index is 1.22. The molecule has 0 saturated carbocycles. The average molecular weight is 388 g/mol. The van der Waals surface area contributed by atoms with Crippen LogP contribution in [0.1, 0.15) is 0 Å². The summed E-state index contributed by atoms with van der Waals surface area (Å²) in [6.07, 6.45) is 0. The molecule has 3 aliphatic heterocycles. The highest BCUT2D eigenvalue weighted by molar-refractivity contribution is 6.30. The Bertz CT molecular complexity index is 891. The molecule has 2 aromatic rings. The van der Waals surface area contributed by atoms with Gasteiger partial charge in [0.1, 0.15) is 18.2 Å². The fraction of sp³-hybridized carbons (Fsp3) is 0.350. The molecule has 3 heterocycles. The van der Waals surface area contributed by atoms with Crippen LogP contribution in [0.15, 0.2) is 42.5 Å². The number of urea groups is 1. The largest absolute Gasteiger partial charge is 0.489 e. The third-order valence-corrected chi connectivity index (χ3v) is 5.82. The topological polar surface area (TPSA) is 36.0 Å². The van der Waals surface area contributed by atoms with Crippen LogP contribution in [-0.4, -0.2) is 50.3 Å². The van der Waals surface area contributed by atoms with Crippen LogP contribution in [0.3, 0.4) is 0 Å². The molecule has 2 aromatic carbocycles. The first-order chi connectivity index (χ1) is 13.0. The van der Waals surface area contributed by atoms with Gasteiger partial charge >= 0.3 is 6.03 Å². The third-order valence-electron chi connectivity index (χ3n) is 5.58. The maximum absolute atomic E-state index is 13.1. The number of fused-ring (bicyclic) bond motifs is 1. The van der Waals surface area contributed by atoms with E-state index < -0.39 is 0 Å². The predicted molar refractivity (Wildman–Crippen MR) is 102 cm³/mol. The number of carbonyl (C=O) groups excluding carboxylic acids is 1. The Labute approximate surface area is 161 Å². The Kier molecular flexibility index (Phi) is 3.72. The van der Waals surface area contributed by atoms with E-state index in [2.05, 4.69) is 4.90 Å². The highest BCUT2D eigenvalue weighted by Crippen LogP contribution is 2.43. The van der Waals surface area contributed by atoms with Gasteiger partial charge in [-0.25, -0.2) is 9.18 Å². The molecule has 2 amide bonds. The van der Waals surface area contributed by atoms with Crippen molar-refractivity contribution in [3.8, 4) is 5.75 Å². The van der Waals surface area contributed by atoms with Crippen molar-refractivity contribution in [1.82, 2.24) is 4.90 Å². The molecular weight excluding hydrogens is 369 g/mol. The zero-order chi connectivity index (χ0) is 18.6. The fourth-order valence-corrected chi connectivity index (χ4v) is 4.42. The van der Waals surface area contributed by atoms with Crippen molar-refractivity contribution in [2.45, 2.75) is 0 Å². The normalized spacial score (nSPS) is 19.9. The van der Waals surface area contributed by atoms with Crippen molar-refractivity contribution >= 4 is 29.0 Å². The molecule has 0 atom stereocenters. The number of nitrogens with zero attached hydrogens (tertiary/aromatic N) is 3. The number of halogens is 2. The minimum absolute atomic E-state index is 0.0210. The summed E-state index contributed by atoms with van der Waals surface area (Å²) in [5, 5.41) is 0.598. The lowest BCUT2D eigenvalue weighted by Crippen LogP contribution is -2.74. The van der Waals surface area contributed by atoms with Gasteiger partial charge in [-0.3, -0.25) is 4.90 Å².